The van der Waals surface area contributed by atoms with Crippen LogP contribution in [0.15, 0.2) is 0 Å². The molecule has 1 fully saturated rings. The second-order valence-corrected chi connectivity index (χ2v) is 6.38. The number of carbonyl (C=O) groups excluding carboxylic acids is 4. The van der Waals surface area contributed by atoms with E-state index in [2.05, 4.69) is 15.9 Å². The number of halogens is 4. The molecule has 27 heavy (non-hydrogen) atoms. The average Bonchev–Trinajstić information content (AvgIpc) is 2.49. The van der Waals surface area contributed by atoms with Crippen molar-refractivity contribution in [3.05, 3.63) is 0 Å². The minimum Gasteiger partial charge on any atom is -0.463 e. The third-order valence-electron chi connectivity index (χ3n) is 3.24. The summed E-state index contributed by atoms with van der Waals surface area (Å²) in [6.07, 6.45) is -9.38. The molecule has 0 bridgehead atoms. The molecule has 0 radical (unpaired) electrons. The van der Waals surface area contributed by atoms with E-state index in [1.807, 2.05) is 0 Å². The molecule has 1 saturated heterocycles. The fraction of sp³-hybridized carbons (Fsp3) is 0.714. The van der Waals surface area contributed by atoms with Gasteiger partial charge in [0, 0.05) is 20.8 Å². The Kier molecular flexibility index (Phi) is 8.02. The van der Waals surface area contributed by atoms with Gasteiger partial charge in [-0.1, -0.05) is 15.9 Å². The second-order valence-electron chi connectivity index (χ2n) is 5.47. The van der Waals surface area contributed by atoms with E-state index in [0.29, 0.717) is 0 Å². The molecule has 0 spiro atoms. The largest absolute Gasteiger partial charge is 0.471 e. The summed E-state index contributed by atoms with van der Waals surface area (Å²) in [7, 11) is 0. The summed E-state index contributed by atoms with van der Waals surface area (Å²) in [6.45, 7) is 2.66. The van der Waals surface area contributed by atoms with E-state index in [1.54, 1.807) is 5.32 Å². The van der Waals surface area contributed by atoms with Gasteiger partial charge in [-0.25, -0.2) is 0 Å². The number of carbonyl (C=O) groups is 4. The lowest BCUT2D eigenvalue weighted by Gasteiger charge is -2.43. The zero-order valence-corrected chi connectivity index (χ0v) is 16.0. The Hall–Kier alpha value is -1.89. The lowest BCUT2D eigenvalue weighted by atomic mass is 9.97. The third-order valence-corrected chi connectivity index (χ3v) is 4.03. The van der Waals surface area contributed by atoms with E-state index < -0.39 is 66.0 Å². The van der Waals surface area contributed by atoms with Gasteiger partial charge in [-0.3, -0.25) is 19.2 Å². The van der Waals surface area contributed by atoms with E-state index in [1.165, 1.54) is 0 Å². The summed E-state index contributed by atoms with van der Waals surface area (Å²) < 4.78 is 57.9. The van der Waals surface area contributed by atoms with E-state index in [0.717, 1.165) is 20.8 Å². The number of alkyl halides is 4. The van der Waals surface area contributed by atoms with Gasteiger partial charge in [0.25, 0.3) is 0 Å². The number of amides is 1. The first-order valence-corrected chi connectivity index (χ1v) is 8.39. The molecule has 154 valence electrons. The van der Waals surface area contributed by atoms with Gasteiger partial charge in [0.1, 0.15) is 23.8 Å². The van der Waals surface area contributed by atoms with E-state index in [4.69, 9.17) is 18.9 Å². The molecule has 1 heterocycles. The molecule has 0 aromatic heterocycles. The first-order valence-electron chi connectivity index (χ1n) is 7.48. The minimum absolute atomic E-state index is 0.437. The molecule has 0 aromatic carbocycles. The molecule has 0 aromatic rings. The van der Waals surface area contributed by atoms with Crippen molar-refractivity contribution < 1.29 is 51.3 Å². The smallest absolute Gasteiger partial charge is 0.463 e. The van der Waals surface area contributed by atoms with Crippen molar-refractivity contribution >= 4 is 39.7 Å². The lowest BCUT2D eigenvalue weighted by Crippen LogP contribution is -2.65. The minimum atomic E-state index is -5.21. The van der Waals surface area contributed by atoms with Crippen LogP contribution >= 0.6 is 15.9 Å². The highest BCUT2D eigenvalue weighted by Crippen LogP contribution is 2.30. The third kappa shape index (κ3) is 6.97. The van der Waals surface area contributed by atoms with Crippen LogP contribution in [0.3, 0.4) is 0 Å². The number of ether oxygens (including phenoxy) is 4. The molecule has 5 atom stereocenters. The average molecular weight is 464 g/mol. The second kappa shape index (κ2) is 9.35. The van der Waals surface area contributed by atoms with Gasteiger partial charge >= 0.3 is 30.0 Å². The fourth-order valence-electron chi connectivity index (χ4n) is 2.28. The van der Waals surface area contributed by atoms with Crippen molar-refractivity contribution in [1.29, 1.82) is 0 Å². The van der Waals surface area contributed by atoms with Crippen LogP contribution in [-0.4, -0.2) is 66.0 Å². The van der Waals surface area contributed by atoms with Crippen LogP contribution in [0, 0.1) is 0 Å². The van der Waals surface area contributed by atoms with Crippen LogP contribution in [0.5, 0.6) is 0 Å². The maximum absolute atomic E-state index is 12.6. The van der Waals surface area contributed by atoms with Gasteiger partial charge in [-0.15, -0.1) is 0 Å². The van der Waals surface area contributed by atoms with Gasteiger partial charge < -0.3 is 24.3 Å². The molecule has 0 aliphatic carbocycles. The lowest BCUT2D eigenvalue weighted by molar-refractivity contribution is -0.214. The molecule has 0 saturated carbocycles. The Morgan fingerprint density at radius 3 is 1.96 bits per heavy atom. The van der Waals surface area contributed by atoms with Crippen molar-refractivity contribution in [3.8, 4) is 0 Å². The fourth-order valence-corrected chi connectivity index (χ4v) is 2.99. The summed E-state index contributed by atoms with van der Waals surface area (Å²) in [5.41, 5.74) is 0. The zero-order valence-electron chi connectivity index (χ0n) is 14.4. The van der Waals surface area contributed by atoms with Crippen molar-refractivity contribution in [3.63, 3.8) is 0 Å². The number of hydrogen-bond donors (Lipinski definition) is 1. The quantitative estimate of drug-likeness (QED) is 0.357. The Morgan fingerprint density at radius 1 is 1.00 bits per heavy atom. The SMILES string of the molecule is CC(=O)OCC1O[C@H](Br)C(NC(=O)C(F)(F)F)[C@@H](OC(C)=O)[C@@H]1OC(C)=O. The Labute approximate surface area is 159 Å². The molecule has 1 N–H and O–H groups in total. The normalized spacial score (nSPS) is 28.0. The maximum atomic E-state index is 12.6. The highest BCUT2D eigenvalue weighted by molar-refractivity contribution is 9.09. The predicted molar refractivity (Wildman–Crippen MR) is 83.3 cm³/mol. The molecule has 1 aliphatic heterocycles. The highest BCUT2D eigenvalue weighted by atomic mass is 79.9. The van der Waals surface area contributed by atoms with Crippen molar-refractivity contribution in [2.24, 2.45) is 0 Å². The molecule has 1 rings (SSSR count). The summed E-state index contributed by atoms with van der Waals surface area (Å²) in [6, 6.07) is -1.55. The number of esters is 3. The standard InChI is InChI=1S/C14H17BrF3NO8/c1-5(20)24-4-8-10(25-6(2)21)11(26-7(3)22)9(12(15)27-8)19-13(23)14(16,17)18/h8-12H,4H2,1-3H3,(H,19,23)/t8?,9?,10-,11-,12+/m1/s1. The Bertz CT molecular complexity index is 599. The first-order chi connectivity index (χ1) is 12.3. The van der Waals surface area contributed by atoms with Crippen LogP contribution in [0.2, 0.25) is 0 Å². The Morgan fingerprint density at radius 2 is 1.52 bits per heavy atom. The van der Waals surface area contributed by atoms with Crippen LogP contribution in [0.1, 0.15) is 20.8 Å². The topological polar surface area (TPSA) is 117 Å². The number of nitrogens with one attached hydrogen (secondary N) is 1. The molecule has 13 heteroatoms. The summed E-state index contributed by atoms with van der Waals surface area (Å²) in [4.78, 5) is 45.1. The van der Waals surface area contributed by atoms with E-state index >= 15 is 0 Å². The van der Waals surface area contributed by atoms with Gasteiger partial charge in [0.2, 0.25) is 0 Å². The molecule has 9 nitrogen and oxygen atoms in total. The van der Waals surface area contributed by atoms with Crippen LogP contribution < -0.4 is 5.32 Å². The van der Waals surface area contributed by atoms with Crippen LogP contribution in [-0.2, 0) is 38.1 Å². The zero-order chi connectivity index (χ0) is 20.9. The number of rotatable bonds is 5. The predicted octanol–water partition coefficient (Wildman–Crippen LogP) is 0.580. The Balaban J connectivity index is 3.18. The van der Waals surface area contributed by atoms with Gasteiger partial charge in [-0.05, 0) is 0 Å². The van der Waals surface area contributed by atoms with Crippen molar-refractivity contribution in [1.82, 2.24) is 5.32 Å². The molecule has 2 unspecified atom stereocenters. The maximum Gasteiger partial charge on any atom is 0.471 e. The monoisotopic (exact) mass is 463 g/mol. The van der Waals surface area contributed by atoms with Crippen LogP contribution in [0.25, 0.3) is 0 Å². The molecule has 1 amide bonds. The van der Waals surface area contributed by atoms with E-state index in [-0.39, 0.29) is 0 Å². The van der Waals surface area contributed by atoms with Crippen LogP contribution in [0.4, 0.5) is 13.2 Å². The molecular formula is C14H17BrF3NO8. The van der Waals surface area contributed by atoms with Crippen molar-refractivity contribution in [2.75, 3.05) is 6.61 Å². The molecule has 1 aliphatic rings. The van der Waals surface area contributed by atoms with Crippen molar-refractivity contribution in [2.45, 2.75) is 56.3 Å². The van der Waals surface area contributed by atoms with Gasteiger partial charge in [0.05, 0.1) is 0 Å². The first kappa shape index (κ1) is 23.1. The molecular weight excluding hydrogens is 447 g/mol. The van der Waals surface area contributed by atoms with E-state index in [9.17, 15) is 32.3 Å². The van der Waals surface area contributed by atoms with Gasteiger partial charge in [0.15, 0.2) is 12.2 Å². The number of hydrogen-bond acceptors (Lipinski definition) is 8. The highest BCUT2D eigenvalue weighted by Gasteiger charge is 2.52. The summed E-state index contributed by atoms with van der Waals surface area (Å²) in [5, 5.41) is 0.363. The summed E-state index contributed by atoms with van der Waals surface area (Å²) in [5.74, 6) is -4.76. The summed E-state index contributed by atoms with van der Waals surface area (Å²) >= 11 is 2.94. The van der Waals surface area contributed by atoms with Gasteiger partial charge in [-0.2, -0.15) is 13.2 Å².